The van der Waals surface area contributed by atoms with Crippen molar-refractivity contribution in [3.63, 3.8) is 0 Å². The number of fused-ring (bicyclic) bond motifs is 1. The quantitative estimate of drug-likeness (QED) is 0.725. The number of aromatic nitrogens is 1. The zero-order valence-electron chi connectivity index (χ0n) is 14.4. The van der Waals surface area contributed by atoms with Crippen LogP contribution in [0.25, 0.3) is 10.9 Å². The molecule has 3 aromatic rings. The van der Waals surface area contributed by atoms with Crippen molar-refractivity contribution in [3.8, 4) is 6.07 Å². The first-order chi connectivity index (χ1) is 12.7. The van der Waals surface area contributed by atoms with Crippen molar-refractivity contribution in [1.82, 2.24) is 9.88 Å². The summed E-state index contributed by atoms with van der Waals surface area (Å²) in [6, 6.07) is 15.8. The van der Waals surface area contributed by atoms with Gasteiger partial charge in [-0.2, -0.15) is 5.26 Å². The molecule has 27 heavy (non-hydrogen) atoms. The Balaban J connectivity index is 0.00000210. The Morgan fingerprint density at radius 1 is 1.19 bits per heavy atom. The number of nitriles is 1. The summed E-state index contributed by atoms with van der Waals surface area (Å²) >= 11 is 0. The van der Waals surface area contributed by atoms with Crippen molar-refractivity contribution in [2.45, 2.75) is 12.6 Å². The second-order valence-corrected chi connectivity index (χ2v) is 6.40. The molecule has 0 amide bonds. The van der Waals surface area contributed by atoms with Crippen LogP contribution in [-0.4, -0.2) is 23.7 Å². The van der Waals surface area contributed by atoms with E-state index in [0.29, 0.717) is 5.69 Å². The molecular weight excluding hydrogens is 367 g/mol. The normalized spacial score (nSPS) is 13.5. The Labute approximate surface area is 161 Å². The van der Waals surface area contributed by atoms with Crippen molar-refractivity contribution < 1.29 is 4.39 Å². The number of benzene rings is 2. The van der Waals surface area contributed by atoms with Crippen LogP contribution in [-0.2, 0) is 6.54 Å². The highest BCUT2D eigenvalue weighted by Gasteiger charge is 2.22. The highest BCUT2D eigenvalue weighted by Crippen LogP contribution is 2.26. The fraction of sp³-hybridized carbons (Fsp3) is 0.200. The van der Waals surface area contributed by atoms with Gasteiger partial charge in [0.25, 0.3) is 5.56 Å². The van der Waals surface area contributed by atoms with Gasteiger partial charge in [-0.05, 0) is 23.8 Å². The van der Waals surface area contributed by atoms with Crippen LogP contribution >= 0.6 is 12.4 Å². The maximum absolute atomic E-state index is 13.2. The fourth-order valence-corrected chi connectivity index (χ4v) is 3.18. The van der Waals surface area contributed by atoms with Gasteiger partial charge in [0, 0.05) is 18.5 Å². The average molecular weight is 385 g/mol. The molecule has 1 saturated heterocycles. The van der Waals surface area contributed by atoms with Gasteiger partial charge in [0.2, 0.25) is 0 Å². The summed E-state index contributed by atoms with van der Waals surface area (Å²) in [4.78, 5) is 13.0. The number of para-hydroxylation sites is 1. The molecule has 0 unspecified atom stereocenters. The van der Waals surface area contributed by atoms with Gasteiger partial charge in [-0.15, -0.1) is 12.4 Å². The number of rotatable bonds is 4. The van der Waals surface area contributed by atoms with Gasteiger partial charge in [0.1, 0.15) is 17.4 Å². The highest BCUT2D eigenvalue weighted by atomic mass is 35.5. The maximum Gasteiger partial charge on any atom is 0.271 e. The van der Waals surface area contributed by atoms with Gasteiger partial charge < -0.3 is 15.2 Å². The number of anilines is 1. The molecule has 7 heteroatoms. The monoisotopic (exact) mass is 384 g/mol. The summed E-state index contributed by atoms with van der Waals surface area (Å²) in [5.41, 5.74) is 1.90. The molecule has 138 valence electrons. The van der Waals surface area contributed by atoms with E-state index >= 15 is 0 Å². The predicted molar refractivity (Wildman–Crippen MR) is 106 cm³/mol. The molecule has 0 bridgehead atoms. The molecule has 5 nitrogen and oxygen atoms in total. The summed E-state index contributed by atoms with van der Waals surface area (Å²) in [6.07, 6.45) is 0. The van der Waals surface area contributed by atoms with Gasteiger partial charge in [-0.1, -0.05) is 30.3 Å². The molecule has 2 N–H and O–H groups in total. The van der Waals surface area contributed by atoms with E-state index in [2.05, 4.69) is 16.7 Å². The molecule has 2 aromatic carbocycles. The van der Waals surface area contributed by atoms with E-state index in [0.717, 1.165) is 29.6 Å². The van der Waals surface area contributed by atoms with Gasteiger partial charge in [-0.25, -0.2) is 4.39 Å². The summed E-state index contributed by atoms with van der Waals surface area (Å²) in [5, 5.41) is 17.0. The Morgan fingerprint density at radius 2 is 1.89 bits per heavy atom. The molecule has 0 radical (unpaired) electrons. The number of nitrogens with one attached hydrogen (secondary N) is 2. The van der Waals surface area contributed by atoms with E-state index in [1.165, 1.54) is 12.1 Å². The molecule has 1 aliphatic heterocycles. The van der Waals surface area contributed by atoms with Gasteiger partial charge >= 0.3 is 0 Å². The van der Waals surface area contributed by atoms with Crippen molar-refractivity contribution in [3.05, 3.63) is 75.8 Å². The number of halogens is 2. The Bertz CT molecular complexity index is 1070. The van der Waals surface area contributed by atoms with Crippen LogP contribution in [0.2, 0.25) is 0 Å². The molecule has 0 saturated carbocycles. The standard InChI is InChI=1S/C20H17FN4O.ClH/c21-14-7-5-13(6-8-14)12-25-18-4-2-1-3-16(18)19(17(9-22)20(25)26)24-15-10-23-11-15;/h1-8,15,23-24H,10-12H2;1H. The molecule has 1 fully saturated rings. The SMILES string of the molecule is Cl.N#Cc1c(NC2CNC2)c2ccccc2n(Cc2ccc(F)cc2)c1=O. The molecule has 4 rings (SSSR count). The number of hydrogen-bond acceptors (Lipinski definition) is 4. The number of pyridine rings is 1. The first-order valence-corrected chi connectivity index (χ1v) is 8.44. The van der Waals surface area contributed by atoms with Crippen LogP contribution in [0.15, 0.2) is 53.3 Å². The van der Waals surface area contributed by atoms with E-state index in [-0.39, 0.29) is 41.9 Å². The van der Waals surface area contributed by atoms with Gasteiger partial charge in [0.15, 0.2) is 0 Å². The molecule has 1 aromatic heterocycles. The molecular formula is C20H18ClFN4O. The fourth-order valence-electron chi connectivity index (χ4n) is 3.18. The van der Waals surface area contributed by atoms with Crippen LogP contribution in [0.5, 0.6) is 0 Å². The van der Waals surface area contributed by atoms with E-state index < -0.39 is 0 Å². The minimum absolute atomic E-state index is 0. The van der Waals surface area contributed by atoms with E-state index in [1.807, 2.05) is 24.3 Å². The Kier molecular flexibility index (Phi) is 5.45. The summed E-state index contributed by atoms with van der Waals surface area (Å²) in [6.45, 7) is 1.88. The third kappa shape index (κ3) is 3.52. The summed E-state index contributed by atoms with van der Waals surface area (Å²) in [5.74, 6) is -0.322. The summed E-state index contributed by atoms with van der Waals surface area (Å²) in [7, 11) is 0. The molecule has 0 aliphatic carbocycles. The van der Waals surface area contributed by atoms with E-state index in [1.54, 1.807) is 16.7 Å². The molecule has 0 spiro atoms. The minimum atomic E-state index is -0.342. The van der Waals surface area contributed by atoms with Crippen molar-refractivity contribution in [2.75, 3.05) is 18.4 Å². The van der Waals surface area contributed by atoms with Crippen LogP contribution < -0.4 is 16.2 Å². The minimum Gasteiger partial charge on any atom is -0.378 e. The van der Waals surface area contributed by atoms with Crippen LogP contribution in [0, 0.1) is 17.1 Å². The highest BCUT2D eigenvalue weighted by molar-refractivity contribution is 5.94. The third-order valence-corrected chi connectivity index (χ3v) is 4.67. The summed E-state index contributed by atoms with van der Waals surface area (Å²) < 4.78 is 14.7. The largest absolute Gasteiger partial charge is 0.378 e. The zero-order valence-corrected chi connectivity index (χ0v) is 15.2. The molecule has 1 aliphatic rings. The van der Waals surface area contributed by atoms with Crippen LogP contribution in [0.3, 0.4) is 0 Å². The average Bonchev–Trinajstić information content (AvgIpc) is 2.62. The lowest BCUT2D eigenvalue weighted by atomic mass is 10.1. The number of hydrogen-bond donors (Lipinski definition) is 2. The molecule has 2 heterocycles. The maximum atomic E-state index is 13.2. The second kappa shape index (κ2) is 7.78. The Hall–Kier alpha value is -2.88. The smallest absolute Gasteiger partial charge is 0.271 e. The van der Waals surface area contributed by atoms with Crippen molar-refractivity contribution >= 4 is 29.0 Å². The lowest BCUT2D eigenvalue weighted by molar-refractivity contribution is 0.472. The van der Waals surface area contributed by atoms with E-state index in [4.69, 9.17) is 0 Å². The van der Waals surface area contributed by atoms with Crippen molar-refractivity contribution in [2.24, 2.45) is 0 Å². The van der Waals surface area contributed by atoms with E-state index in [9.17, 15) is 14.4 Å². The first kappa shape index (κ1) is 18.9. The molecule has 0 atom stereocenters. The topological polar surface area (TPSA) is 69.8 Å². The first-order valence-electron chi connectivity index (χ1n) is 8.44. The van der Waals surface area contributed by atoms with Crippen LogP contribution in [0.4, 0.5) is 10.1 Å². The predicted octanol–water partition coefficient (Wildman–Crippen LogP) is 2.87. The van der Waals surface area contributed by atoms with Gasteiger partial charge in [0.05, 0.1) is 23.8 Å². The lowest BCUT2D eigenvalue weighted by Crippen LogP contribution is -2.51. The van der Waals surface area contributed by atoms with Crippen molar-refractivity contribution in [1.29, 1.82) is 5.26 Å². The zero-order chi connectivity index (χ0) is 18.1. The lowest BCUT2D eigenvalue weighted by Gasteiger charge is -2.30. The second-order valence-electron chi connectivity index (χ2n) is 6.40. The number of nitrogens with zero attached hydrogens (tertiary/aromatic N) is 2. The third-order valence-electron chi connectivity index (χ3n) is 4.67. The van der Waals surface area contributed by atoms with Gasteiger partial charge in [-0.3, -0.25) is 4.79 Å². The Morgan fingerprint density at radius 3 is 2.52 bits per heavy atom. The van der Waals surface area contributed by atoms with Crippen LogP contribution in [0.1, 0.15) is 11.1 Å².